The molecule has 0 bridgehead atoms. The van der Waals surface area contributed by atoms with E-state index in [2.05, 4.69) is 29.2 Å². The van der Waals surface area contributed by atoms with Crippen LogP contribution in [0.4, 0.5) is 0 Å². The number of amides is 1. The van der Waals surface area contributed by atoms with Crippen molar-refractivity contribution < 1.29 is 9.53 Å². The second-order valence-electron chi connectivity index (χ2n) is 7.03. The van der Waals surface area contributed by atoms with E-state index in [1.165, 1.54) is 10.8 Å². The molecule has 0 spiro atoms. The maximum Gasteiger partial charge on any atom is 0.227 e. The lowest BCUT2D eigenvalue weighted by atomic mass is 10.0. The third kappa shape index (κ3) is 4.34. The van der Waals surface area contributed by atoms with Crippen molar-refractivity contribution in [3.8, 4) is 0 Å². The quantitative estimate of drug-likeness (QED) is 0.691. The van der Waals surface area contributed by atoms with E-state index in [4.69, 9.17) is 4.74 Å². The Morgan fingerprint density at radius 1 is 1.00 bits per heavy atom. The number of aromatic nitrogens is 1. The van der Waals surface area contributed by atoms with Crippen molar-refractivity contribution in [2.75, 3.05) is 13.1 Å². The van der Waals surface area contributed by atoms with Crippen LogP contribution >= 0.6 is 0 Å². The normalized spacial score (nSPS) is 15.2. The van der Waals surface area contributed by atoms with Crippen molar-refractivity contribution in [2.24, 2.45) is 0 Å². The molecule has 2 aromatic carbocycles. The minimum absolute atomic E-state index is 0.202. The summed E-state index contributed by atoms with van der Waals surface area (Å²) in [5.74, 6) is 0.203. The molecule has 4 nitrogen and oxygen atoms in total. The molecular formula is C23H24N2O2. The highest BCUT2D eigenvalue weighted by Crippen LogP contribution is 2.21. The van der Waals surface area contributed by atoms with Crippen LogP contribution in [0.2, 0.25) is 0 Å². The van der Waals surface area contributed by atoms with Crippen LogP contribution in [0.3, 0.4) is 0 Å². The molecule has 1 saturated heterocycles. The third-order valence-electron chi connectivity index (χ3n) is 5.21. The van der Waals surface area contributed by atoms with Gasteiger partial charge in [-0.15, -0.1) is 0 Å². The number of hydrogen-bond acceptors (Lipinski definition) is 3. The Balaban J connectivity index is 1.31. The molecule has 1 aliphatic heterocycles. The van der Waals surface area contributed by atoms with E-state index < -0.39 is 0 Å². The van der Waals surface area contributed by atoms with E-state index in [0.717, 1.165) is 37.2 Å². The Morgan fingerprint density at radius 3 is 2.59 bits per heavy atom. The second kappa shape index (κ2) is 8.31. The summed E-state index contributed by atoms with van der Waals surface area (Å²) in [4.78, 5) is 19.0. The number of hydrogen-bond donors (Lipinski definition) is 0. The molecule has 2 heterocycles. The van der Waals surface area contributed by atoms with Crippen molar-refractivity contribution >= 4 is 16.7 Å². The zero-order valence-corrected chi connectivity index (χ0v) is 15.4. The first-order chi connectivity index (χ1) is 13.3. The van der Waals surface area contributed by atoms with Gasteiger partial charge in [-0.3, -0.25) is 9.78 Å². The summed E-state index contributed by atoms with van der Waals surface area (Å²) in [7, 11) is 0. The zero-order valence-electron chi connectivity index (χ0n) is 15.4. The van der Waals surface area contributed by atoms with Gasteiger partial charge >= 0.3 is 0 Å². The van der Waals surface area contributed by atoms with Crippen LogP contribution in [0.25, 0.3) is 10.8 Å². The number of carbonyl (C=O) groups is 1. The van der Waals surface area contributed by atoms with Crippen LogP contribution < -0.4 is 0 Å². The first-order valence-electron chi connectivity index (χ1n) is 9.55. The van der Waals surface area contributed by atoms with Crippen molar-refractivity contribution in [3.63, 3.8) is 0 Å². The molecule has 0 radical (unpaired) electrons. The summed E-state index contributed by atoms with van der Waals surface area (Å²) in [6.07, 6.45) is 4.21. The largest absolute Gasteiger partial charge is 0.372 e. The molecule has 138 valence electrons. The number of likely N-dealkylation sites (tertiary alicyclic amines) is 1. The summed E-state index contributed by atoms with van der Waals surface area (Å²) in [5, 5.41) is 2.35. The Hall–Kier alpha value is -2.72. The van der Waals surface area contributed by atoms with Crippen LogP contribution in [0.1, 0.15) is 24.1 Å². The van der Waals surface area contributed by atoms with Crippen molar-refractivity contribution in [1.82, 2.24) is 9.88 Å². The minimum atomic E-state index is 0.202. The van der Waals surface area contributed by atoms with E-state index in [-0.39, 0.29) is 12.0 Å². The average Bonchev–Trinajstić information content (AvgIpc) is 2.74. The number of piperidine rings is 1. The lowest BCUT2D eigenvalue weighted by Crippen LogP contribution is -2.41. The summed E-state index contributed by atoms with van der Waals surface area (Å²) < 4.78 is 5.97. The van der Waals surface area contributed by atoms with Crippen LogP contribution in [-0.4, -0.2) is 35.0 Å². The number of benzene rings is 2. The van der Waals surface area contributed by atoms with Gasteiger partial charge in [0.2, 0.25) is 5.91 Å². The molecule has 0 aliphatic carbocycles. The van der Waals surface area contributed by atoms with Crippen LogP contribution in [0, 0.1) is 0 Å². The van der Waals surface area contributed by atoms with Crippen molar-refractivity contribution in [1.29, 1.82) is 0 Å². The van der Waals surface area contributed by atoms with Crippen LogP contribution in [0.5, 0.6) is 0 Å². The Morgan fingerprint density at radius 2 is 1.78 bits per heavy atom. The lowest BCUT2D eigenvalue weighted by molar-refractivity contribution is -0.133. The van der Waals surface area contributed by atoms with Gasteiger partial charge in [-0.1, -0.05) is 48.5 Å². The maximum atomic E-state index is 12.8. The number of pyridine rings is 1. The fourth-order valence-electron chi connectivity index (χ4n) is 3.68. The molecule has 0 unspecified atom stereocenters. The number of fused-ring (bicyclic) bond motifs is 1. The summed E-state index contributed by atoms with van der Waals surface area (Å²) >= 11 is 0. The van der Waals surface area contributed by atoms with Gasteiger partial charge in [0.1, 0.15) is 0 Å². The van der Waals surface area contributed by atoms with Crippen molar-refractivity contribution in [2.45, 2.75) is 32.0 Å². The van der Waals surface area contributed by atoms with E-state index in [1.54, 1.807) is 6.20 Å². The smallest absolute Gasteiger partial charge is 0.227 e. The molecule has 0 atom stereocenters. The molecule has 1 aromatic heterocycles. The van der Waals surface area contributed by atoms with Gasteiger partial charge in [-0.05, 0) is 41.3 Å². The first kappa shape index (κ1) is 17.7. The molecule has 3 aromatic rings. The minimum Gasteiger partial charge on any atom is -0.372 e. The van der Waals surface area contributed by atoms with E-state index in [0.29, 0.717) is 13.0 Å². The first-order valence-corrected chi connectivity index (χ1v) is 9.55. The van der Waals surface area contributed by atoms with Gasteiger partial charge < -0.3 is 9.64 Å². The van der Waals surface area contributed by atoms with Crippen LogP contribution in [0.15, 0.2) is 66.9 Å². The summed E-state index contributed by atoms with van der Waals surface area (Å²) in [6.45, 7) is 2.06. The predicted octanol–water partition coefficient (Wildman–Crippen LogP) is 3.99. The van der Waals surface area contributed by atoms with Gasteiger partial charge in [0.05, 0.1) is 24.8 Å². The summed E-state index contributed by atoms with van der Waals surface area (Å²) in [5.41, 5.74) is 2.05. The Kier molecular flexibility index (Phi) is 5.45. The van der Waals surface area contributed by atoms with Gasteiger partial charge in [-0.25, -0.2) is 0 Å². The Bertz CT molecular complexity index is 897. The molecule has 1 fully saturated rings. The highest BCUT2D eigenvalue weighted by Gasteiger charge is 2.23. The number of nitrogens with zero attached hydrogens (tertiary/aromatic N) is 2. The molecule has 4 rings (SSSR count). The molecule has 1 aliphatic rings. The van der Waals surface area contributed by atoms with Gasteiger partial charge in [0, 0.05) is 19.3 Å². The molecule has 27 heavy (non-hydrogen) atoms. The highest BCUT2D eigenvalue weighted by atomic mass is 16.5. The monoisotopic (exact) mass is 360 g/mol. The fraction of sp³-hybridized carbons (Fsp3) is 0.304. The van der Waals surface area contributed by atoms with E-state index in [9.17, 15) is 4.79 Å². The SMILES string of the molecule is O=C(Cc1cccc2ccccc12)N1CCC(OCc2ccccn2)CC1. The fourth-order valence-corrected chi connectivity index (χ4v) is 3.68. The molecule has 4 heteroatoms. The predicted molar refractivity (Wildman–Crippen MR) is 106 cm³/mol. The van der Waals surface area contributed by atoms with Crippen LogP contribution in [-0.2, 0) is 22.6 Å². The third-order valence-corrected chi connectivity index (χ3v) is 5.21. The van der Waals surface area contributed by atoms with Gasteiger partial charge in [0.25, 0.3) is 0 Å². The maximum absolute atomic E-state index is 12.8. The lowest BCUT2D eigenvalue weighted by Gasteiger charge is -2.32. The van der Waals surface area contributed by atoms with Gasteiger partial charge in [0.15, 0.2) is 0 Å². The highest BCUT2D eigenvalue weighted by molar-refractivity contribution is 5.90. The van der Waals surface area contributed by atoms with Crippen molar-refractivity contribution in [3.05, 3.63) is 78.1 Å². The topological polar surface area (TPSA) is 42.4 Å². The van der Waals surface area contributed by atoms with E-state index >= 15 is 0 Å². The number of ether oxygens (including phenoxy) is 1. The Labute approximate surface area is 159 Å². The second-order valence-corrected chi connectivity index (χ2v) is 7.03. The van der Waals surface area contributed by atoms with Gasteiger partial charge in [-0.2, -0.15) is 0 Å². The molecular weight excluding hydrogens is 336 g/mol. The standard InChI is InChI=1S/C23H24N2O2/c26-23(16-19-8-5-7-18-6-1-2-10-22(18)19)25-14-11-21(12-15-25)27-17-20-9-3-4-13-24-20/h1-10,13,21H,11-12,14-17H2. The molecule has 0 N–H and O–H groups in total. The molecule has 1 amide bonds. The zero-order chi connectivity index (χ0) is 18.5. The van der Waals surface area contributed by atoms with E-state index in [1.807, 2.05) is 41.3 Å². The average molecular weight is 360 g/mol. The molecule has 0 saturated carbocycles. The summed E-state index contributed by atoms with van der Waals surface area (Å²) in [6, 6.07) is 20.3. The number of carbonyl (C=O) groups excluding carboxylic acids is 1. The number of rotatable bonds is 5.